The SMILES string of the molecule is C=Cc1c(C)c2cc3nc(cc4[nH]c(cc5nc(cc1[nH]2)C(C)=C5CCC(=O)O)c(CCC(=O)O)c4C)[C@]1(C)C3=CC=C(C(=O)OC)[C@@H]1C(=O)OC. The lowest BCUT2D eigenvalue weighted by atomic mass is 9.64. The van der Waals surface area contributed by atoms with Crippen molar-refractivity contribution in [3.8, 4) is 0 Å². The molecule has 2 aliphatic heterocycles. The van der Waals surface area contributed by atoms with E-state index in [0.717, 1.165) is 44.4 Å². The summed E-state index contributed by atoms with van der Waals surface area (Å²) < 4.78 is 10.4. The summed E-state index contributed by atoms with van der Waals surface area (Å²) in [6, 6.07) is 7.46. The Kier molecular flexibility index (Phi) is 9.35. The molecule has 0 aromatic carbocycles. The molecule has 3 aromatic heterocycles. The molecule has 0 spiro atoms. The number of hydrogen-bond acceptors (Lipinski definition) is 8. The van der Waals surface area contributed by atoms with Gasteiger partial charge in [-0.1, -0.05) is 24.8 Å². The summed E-state index contributed by atoms with van der Waals surface area (Å²) in [6.07, 6.45) is 5.32. The minimum Gasteiger partial charge on any atom is -0.481 e. The van der Waals surface area contributed by atoms with Crippen LogP contribution in [0.3, 0.4) is 0 Å². The predicted octanol–water partition coefficient (Wildman–Crippen LogP) is 6.63. The summed E-state index contributed by atoms with van der Waals surface area (Å²) in [7, 11) is 2.52. The number of ether oxygens (including phenoxy) is 2. The Morgan fingerprint density at radius 2 is 1.46 bits per heavy atom. The molecule has 4 N–H and O–H groups in total. The third kappa shape index (κ3) is 5.93. The van der Waals surface area contributed by atoms with E-state index in [2.05, 4.69) is 16.5 Å². The van der Waals surface area contributed by atoms with Crippen LogP contribution in [0, 0.1) is 19.8 Å². The second kappa shape index (κ2) is 13.6. The average molecular weight is 705 g/mol. The van der Waals surface area contributed by atoms with Crippen LogP contribution in [-0.2, 0) is 40.5 Å². The first-order valence-electron chi connectivity index (χ1n) is 16.8. The number of H-pyrrole nitrogens is 2. The number of carbonyl (C=O) groups is 4. The van der Waals surface area contributed by atoms with Crippen LogP contribution in [0.4, 0.5) is 0 Å². The van der Waals surface area contributed by atoms with Crippen molar-refractivity contribution in [2.75, 3.05) is 14.2 Å². The number of aliphatic carboxylic acids is 2. The summed E-state index contributed by atoms with van der Waals surface area (Å²) in [6.45, 7) is 11.7. The fraction of sp³-hybridized carbons (Fsp3) is 0.300. The lowest BCUT2D eigenvalue weighted by molar-refractivity contribution is -0.149. The number of rotatable bonds is 9. The minimum absolute atomic E-state index is 0.101. The smallest absolute Gasteiger partial charge is 0.334 e. The highest BCUT2D eigenvalue weighted by molar-refractivity contribution is 6.02. The molecule has 0 saturated carbocycles. The second-order valence-electron chi connectivity index (χ2n) is 13.3. The van der Waals surface area contributed by atoms with Crippen LogP contribution in [0.15, 0.2) is 48.6 Å². The highest BCUT2D eigenvalue weighted by Crippen LogP contribution is 2.52. The van der Waals surface area contributed by atoms with Crippen molar-refractivity contribution >= 4 is 68.7 Å². The maximum atomic E-state index is 13.6. The monoisotopic (exact) mass is 704 g/mol. The fourth-order valence-corrected chi connectivity index (χ4v) is 7.59. The molecule has 8 bridgehead atoms. The predicted molar refractivity (Wildman–Crippen MR) is 197 cm³/mol. The number of carbonyl (C=O) groups excluding carboxylic acids is 2. The van der Waals surface area contributed by atoms with E-state index in [4.69, 9.17) is 19.4 Å². The molecule has 1 aliphatic carbocycles. The van der Waals surface area contributed by atoms with Gasteiger partial charge in [-0.15, -0.1) is 0 Å². The van der Waals surface area contributed by atoms with Crippen LogP contribution in [0.25, 0.3) is 44.9 Å². The van der Waals surface area contributed by atoms with Crippen molar-refractivity contribution in [2.45, 2.75) is 58.8 Å². The van der Waals surface area contributed by atoms with Gasteiger partial charge in [0, 0.05) is 40.5 Å². The summed E-state index contributed by atoms with van der Waals surface area (Å²) >= 11 is 0. The lowest BCUT2D eigenvalue weighted by Gasteiger charge is -2.36. The van der Waals surface area contributed by atoms with Crippen LogP contribution >= 0.6 is 0 Å². The number of allylic oxidation sites excluding steroid dienone is 5. The molecule has 0 amide bonds. The highest BCUT2D eigenvalue weighted by atomic mass is 16.5. The van der Waals surface area contributed by atoms with Crippen LogP contribution < -0.4 is 0 Å². The van der Waals surface area contributed by atoms with E-state index in [1.807, 2.05) is 52.0 Å². The third-order valence-electron chi connectivity index (χ3n) is 10.5. The van der Waals surface area contributed by atoms with Crippen molar-refractivity contribution in [3.05, 3.63) is 93.6 Å². The second-order valence-corrected chi connectivity index (χ2v) is 13.3. The van der Waals surface area contributed by atoms with E-state index in [9.17, 15) is 29.4 Å². The summed E-state index contributed by atoms with van der Waals surface area (Å²) in [5.74, 6) is -4.31. The van der Waals surface area contributed by atoms with Gasteiger partial charge in [-0.3, -0.25) is 19.4 Å². The van der Waals surface area contributed by atoms with Crippen LogP contribution in [0.2, 0.25) is 0 Å². The van der Waals surface area contributed by atoms with Gasteiger partial charge in [0.1, 0.15) is 5.92 Å². The largest absolute Gasteiger partial charge is 0.481 e. The maximum Gasteiger partial charge on any atom is 0.334 e. The molecular formula is C40H40N4O8. The van der Waals surface area contributed by atoms with Gasteiger partial charge in [-0.2, -0.15) is 0 Å². The number of esters is 2. The Morgan fingerprint density at radius 1 is 0.827 bits per heavy atom. The molecular weight excluding hydrogens is 664 g/mol. The zero-order valence-electron chi connectivity index (χ0n) is 29.9. The van der Waals surface area contributed by atoms with Crippen molar-refractivity contribution in [3.63, 3.8) is 0 Å². The normalized spacial score (nSPS) is 17.9. The molecule has 0 radical (unpaired) electrons. The molecule has 52 heavy (non-hydrogen) atoms. The van der Waals surface area contributed by atoms with Crippen LogP contribution in [0.5, 0.6) is 0 Å². The number of aromatic amines is 2. The number of aryl methyl sites for hydroxylation is 3. The molecule has 6 rings (SSSR count). The number of hydrogen-bond donors (Lipinski definition) is 4. The number of nitrogens with zero attached hydrogens (tertiary/aromatic N) is 2. The Balaban J connectivity index is 1.78. The molecule has 0 saturated heterocycles. The van der Waals surface area contributed by atoms with Crippen molar-refractivity contribution in [1.82, 2.24) is 19.9 Å². The van der Waals surface area contributed by atoms with Crippen molar-refractivity contribution in [2.24, 2.45) is 5.92 Å². The highest BCUT2D eigenvalue weighted by Gasteiger charge is 2.53. The molecule has 268 valence electrons. The topological polar surface area (TPSA) is 185 Å². The van der Waals surface area contributed by atoms with E-state index in [-0.39, 0.29) is 31.3 Å². The Morgan fingerprint density at radius 3 is 2.12 bits per heavy atom. The van der Waals surface area contributed by atoms with Gasteiger partial charge in [0.15, 0.2) is 0 Å². The number of carboxylic acid groups (broad SMARTS) is 2. The zero-order valence-corrected chi connectivity index (χ0v) is 29.9. The van der Waals surface area contributed by atoms with E-state index < -0.39 is 35.2 Å². The quantitative estimate of drug-likeness (QED) is 0.176. The van der Waals surface area contributed by atoms with Gasteiger partial charge < -0.3 is 29.7 Å². The van der Waals surface area contributed by atoms with Crippen molar-refractivity contribution < 1.29 is 38.9 Å². The van der Waals surface area contributed by atoms with Crippen LogP contribution in [0.1, 0.15) is 78.1 Å². The molecule has 12 heteroatoms. The fourth-order valence-electron chi connectivity index (χ4n) is 7.59. The Bertz CT molecular complexity index is 2360. The standard InChI is InChI=1S/C40H40N4O8/c1-8-22-19(2)28-16-33-26-12-9-25(38(49)51-6)37(39(50)52-7)40(26,5)34(44-33)18-29-21(4)24(11-14-36(47)48)32(43-29)17-31-23(10-13-35(45)46)20(3)27(42-31)15-30(22)41-28/h8-9,12,15-18,37,41,43H,1,10-11,13-14H2,2-7H3,(H,45,46)(H,47,48)/t37-,40+/m1/s1. The van der Waals surface area contributed by atoms with Gasteiger partial charge in [0.2, 0.25) is 0 Å². The molecule has 2 atom stereocenters. The number of methoxy groups -OCH3 is 2. The van der Waals surface area contributed by atoms with Crippen molar-refractivity contribution in [1.29, 1.82) is 0 Å². The first kappa shape index (κ1) is 35.8. The molecule has 5 heterocycles. The molecule has 3 aromatic rings. The van der Waals surface area contributed by atoms with Gasteiger partial charge >= 0.3 is 23.9 Å². The number of nitrogens with one attached hydrogen (secondary N) is 2. The van der Waals surface area contributed by atoms with Gasteiger partial charge in [-0.25, -0.2) is 9.78 Å². The molecule has 0 unspecified atom stereocenters. The van der Waals surface area contributed by atoms with E-state index >= 15 is 0 Å². The molecule has 3 aliphatic rings. The first-order valence-corrected chi connectivity index (χ1v) is 16.8. The minimum atomic E-state index is -1.19. The van der Waals surface area contributed by atoms with E-state index in [1.54, 1.807) is 18.2 Å². The summed E-state index contributed by atoms with van der Waals surface area (Å²) in [5.41, 5.74) is 9.40. The van der Waals surface area contributed by atoms with Crippen LogP contribution in [-0.4, -0.2) is 68.2 Å². The van der Waals surface area contributed by atoms with Gasteiger partial charge in [0.05, 0.1) is 48.0 Å². The summed E-state index contributed by atoms with van der Waals surface area (Å²) in [4.78, 5) is 67.3. The van der Waals surface area contributed by atoms with E-state index in [0.29, 0.717) is 39.4 Å². The first-order chi connectivity index (χ1) is 24.7. The number of carboxylic acids is 2. The van der Waals surface area contributed by atoms with Gasteiger partial charge in [0.25, 0.3) is 0 Å². The average Bonchev–Trinajstić information content (AvgIpc) is 3.76. The Labute approximate surface area is 299 Å². The Hall–Kier alpha value is -6.04. The summed E-state index contributed by atoms with van der Waals surface area (Å²) in [5, 5.41) is 19.2. The third-order valence-corrected chi connectivity index (χ3v) is 10.5. The lowest BCUT2D eigenvalue weighted by Crippen LogP contribution is -2.42. The molecule has 12 nitrogen and oxygen atoms in total. The van der Waals surface area contributed by atoms with E-state index in [1.165, 1.54) is 14.2 Å². The maximum absolute atomic E-state index is 13.6. The molecule has 0 fully saturated rings. The van der Waals surface area contributed by atoms with Gasteiger partial charge in [-0.05, 0) is 98.2 Å². The number of fused-ring (bicyclic) bond motifs is 11. The zero-order chi connectivity index (χ0) is 37.6. The number of aromatic nitrogens is 4.